The molecule has 0 bridgehead atoms. The molecule has 2 aromatic heterocycles. The van der Waals surface area contributed by atoms with Gasteiger partial charge in [0.25, 0.3) is 0 Å². The maximum Gasteiger partial charge on any atom is 0.308 e. The maximum absolute atomic E-state index is 12.3. The van der Waals surface area contributed by atoms with E-state index in [0.29, 0.717) is 18.9 Å². The molecule has 1 fully saturated rings. The first-order valence-corrected chi connectivity index (χ1v) is 11.1. The second-order valence-corrected chi connectivity index (χ2v) is 9.59. The van der Waals surface area contributed by atoms with E-state index >= 15 is 0 Å². The third kappa shape index (κ3) is 4.24. The molecule has 1 saturated heterocycles. The van der Waals surface area contributed by atoms with Crippen molar-refractivity contribution in [1.29, 1.82) is 0 Å². The SMILES string of the molecule is CC(C)c1cc2cc3cnn(C4CCCCO4)c3cc2n1CCC(=O)OC(C)(C)C. The lowest BCUT2D eigenvalue weighted by Crippen LogP contribution is -2.24. The number of benzene rings is 1. The molecule has 0 amide bonds. The van der Waals surface area contributed by atoms with E-state index < -0.39 is 5.60 Å². The monoisotopic (exact) mass is 411 g/mol. The van der Waals surface area contributed by atoms with Crippen LogP contribution in [-0.4, -0.2) is 32.5 Å². The van der Waals surface area contributed by atoms with E-state index in [1.807, 2.05) is 31.6 Å². The lowest BCUT2D eigenvalue weighted by molar-refractivity contribution is -0.155. The Balaban J connectivity index is 1.71. The molecule has 0 spiro atoms. The van der Waals surface area contributed by atoms with Crippen LogP contribution in [0.15, 0.2) is 24.4 Å². The number of hydrogen-bond donors (Lipinski definition) is 0. The fourth-order valence-electron chi connectivity index (χ4n) is 4.30. The van der Waals surface area contributed by atoms with Crippen molar-refractivity contribution in [3.63, 3.8) is 0 Å². The van der Waals surface area contributed by atoms with Crippen LogP contribution in [0.4, 0.5) is 0 Å². The molecule has 1 aliphatic rings. The van der Waals surface area contributed by atoms with Gasteiger partial charge in [-0.25, -0.2) is 4.68 Å². The first kappa shape index (κ1) is 20.9. The summed E-state index contributed by atoms with van der Waals surface area (Å²) in [5, 5.41) is 6.93. The van der Waals surface area contributed by atoms with Gasteiger partial charge in [0, 0.05) is 29.6 Å². The number of ether oxygens (including phenoxy) is 2. The first-order chi connectivity index (χ1) is 14.2. The summed E-state index contributed by atoms with van der Waals surface area (Å²) in [5.41, 5.74) is 2.98. The third-order valence-corrected chi connectivity index (χ3v) is 5.63. The van der Waals surface area contributed by atoms with Gasteiger partial charge in [0.05, 0.1) is 23.7 Å². The van der Waals surface area contributed by atoms with E-state index in [-0.39, 0.29) is 12.2 Å². The molecule has 0 saturated carbocycles. The smallest absolute Gasteiger partial charge is 0.308 e. The van der Waals surface area contributed by atoms with Crippen molar-refractivity contribution in [3.8, 4) is 0 Å². The topological polar surface area (TPSA) is 58.3 Å². The van der Waals surface area contributed by atoms with Gasteiger partial charge in [-0.3, -0.25) is 4.79 Å². The van der Waals surface area contributed by atoms with Crippen molar-refractivity contribution < 1.29 is 14.3 Å². The van der Waals surface area contributed by atoms with Crippen LogP contribution < -0.4 is 0 Å². The number of fused-ring (bicyclic) bond motifs is 2. The minimum atomic E-state index is -0.463. The molecule has 0 aliphatic carbocycles. The van der Waals surface area contributed by atoms with E-state index in [1.54, 1.807) is 0 Å². The van der Waals surface area contributed by atoms with Crippen LogP contribution in [0.5, 0.6) is 0 Å². The van der Waals surface area contributed by atoms with Crippen LogP contribution in [0.25, 0.3) is 21.8 Å². The number of aromatic nitrogens is 3. The lowest BCUT2D eigenvalue weighted by Gasteiger charge is -2.23. The molecule has 1 aromatic carbocycles. The predicted molar refractivity (Wildman–Crippen MR) is 119 cm³/mol. The Morgan fingerprint density at radius 3 is 2.67 bits per heavy atom. The zero-order valence-corrected chi connectivity index (χ0v) is 18.8. The van der Waals surface area contributed by atoms with Crippen LogP contribution in [0.1, 0.15) is 78.1 Å². The number of aryl methyl sites for hydroxylation is 1. The van der Waals surface area contributed by atoms with Crippen LogP contribution in [-0.2, 0) is 20.8 Å². The molecule has 1 unspecified atom stereocenters. The number of hydrogen-bond acceptors (Lipinski definition) is 4. The standard InChI is InChI=1S/C24H33N3O3/c1-16(2)19-13-17-12-18-15-25-27(22-8-6-7-11-29-22)21(18)14-20(17)26(19)10-9-23(28)30-24(3,4)5/h12-16,22H,6-11H2,1-5H3. The van der Waals surface area contributed by atoms with E-state index in [4.69, 9.17) is 9.47 Å². The normalized spacial score (nSPS) is 17.9. The van der Waals surface area contributed by atoms with Crippen molar-refractivity contribution in [3.05, 3.63) is 30.1 Å². The fraction of sp³-hybridized carbons (Fsp3) is 0.583. The summed E-state index contributed by atoms with van der Waals surface area (Å²) in [5.74, 6) is 0.193. The minimum absolute atomic E-state index is 0.00319. The summed E-state index contributed by atoms with van der Waals surface area (Å²) in [6, 6.07) is 6.65. The van der Waals surface area contributed by atoms with E-state index in [9.17, 15) is 4.79 Å². The molecule has 30 heavy (non-hydrogen) atoms. The largest absolute Gasteiger partial charge is 0.460 e. The number of carbonyl (C=O) groups is 1. The first-order valence-electron chi connectivity index (χ1n) is 11.1. The predicted octanol–water partition coefficient (Wildman–Crippen LogP) is 5.55. The second-order valence-electron chi connectivity index (χ2n) is 9.59. The minimum Gasteiger partial charge on any atom is -0.460 e. The highest BCUT2D eigenvalue weighted by molar-refractivity contribution is 5.96. The highest BCUT2D eigenvalue weighted by atomic mass is 16.6. The molecule has 3 heterocycles. The molecule has 1 atom stereocenters. The summed E-state index contributed by atoms with van der Waals surface area (Å²) in [7, 11) is 0. The van der Waals surface area contributed by atoms with Gasteiger partial charge >= 0.3 is 5.97 Å². The van der Waals surface area contributed by atoms with Gasteiger partial charge in [-0.15, -0.1) is 0 Å². The van der Waals surface area contributed by atoms with Crippen molar-refractivity contribution in [1.82, 2.24) is 14.3 Å². The summed E-state index contributed by atoms with van der Waals surface area (Å²) < 4.78 is 15.8. The third-order valence-electron chi connectivity index (χ3n) is 5.63. The van der Waals surface area contributed by atoms with E-state index in [0.717, 1.165) is 42.3 Å². The van der Waals surface area contributed by atoms with Crippen LogP contribution in [0, 0.1) is 0 Å². The van der Waals surface area contributed by atoms with Crippen molar-refractivity contribution >= 4 is 27.8 Å². The summed E-state index contributed by atoms with van der Waals surface area (Å²) in [4.78, 5) is 12.3. The van der Waals surface area contributed by atoms with Gasteiger partial charge in [0.1, 0.15) is 5.60 Å². The highest BCUT2D eigenvalue weighted by Crippen LogP contribution is 2.32. The Morgan fingerprint density at radius 2 is 2.00 bits per heavy atom. The Morgan fingerprint density at radius 1 is 1.20 bits per heavy atom. The molecule has 4 rings (SSSR count). The molecular formula is C24H33N3O3. The number of rotatable bonds is 5. The molecule has 6 nitrogen and oxygen atoms in total. The van der Waals surface area contributed by atoms with Gasteiger partial charge in [-0.2, -0.15) is 5.10 Å². The van der Waals surface area contributed by atoms with Gasteiger partial charge in [-0.1, -0.05) is 13.8 Å². The molecule has 3 aromatic rings. The number of esters is 1. The zero-order chi connectivity index (χ0) is 21.5. The van der Waals surface area contributed by atoms with Gasteiger partial charge in [0.15, 0.2) is 6.23 Å². The van der Waals surface area contributed by atoms with E-state index in [1.165, 1.54) is 11.1 Å². The molecular weight excluding hydrogens is 378 g/mol. The Kier molecular flexibility index (Phi) is 5.62. The fourth-order valence-corrected chi connectivity index (χ4v) is 4.30. The second kappa shape index (κ2) is 8.06. The van der Waals surface area contributed by atoms with Crippen LogP contribution in [0.2, 0.25) is 0 Å². The molecule has 6 heteroatoms. The summed E-state index contributed by atoms with van der Waals surface area (Å²) in [6.45, 7) is 11.5. The van der Waals surface area contributed by atoms with Crippen LogP contribution >= 0.6 is 0 Å². The molecule has 162 valence electrons. The van der Waals surface area contributed by atoms with E-state index in [2.05, 4.69) is 41.7 Å². The van der Waals surface area contributed by atoms with Crippen molar-refractivity contribution in [2.75, 3.05) is 6.61 Å². The molecule has 0 N–H and O–H groups in total. The zero-order valence-electron chi connectivity index (χ0n) is 18.8. The van der Waals surface area contributed by atoms with Crippen LogP contribution in [0.3, 0.4) is 0 Å². The van der Waals surface area contributed by atoms with Gasteiger partial charge < -0.3 is 14.0 Å². The Hall–Kier alpha value is -2.34. The van der Waals surface area contributed by atoms with Gasteiger partial charge in [-0.05, 0) is 64.2 Å². The summed E-state index contributed by atoms with van der Waals surface area (Å²) >= 11 is 0. The Bertz CT molecular complexity index is 1050. The Labute approximate surface area is 178 Å². The number of nitrogens with zero attached hydrogens (tertiary/aromatic N) is 3. The lowest BCUT2D eigenvalue weighted by atomic mass is 10.1. The number of carbonyl (C=O) groups excluding carboxylic acids is 1. The molecule has 1 aliphatic heterocycles. The average Bonchev–Trinajstić information content (AvgIpc) is 3.24. The quantitative estimate of drug-likeness (QED) is 0.517. The van der Waals surface area contributed by atoms with Gasteiger partial charge in [0.2, 0.25) is 0 Å². The van der Waals surface area contributed by atoms with Crippen molar-refractivity contribution in [2.24, 2.45) is 0 Å². The summed E-state index contributed by atoms with van der Waals surface area (Å²) in [6.07, 6.45) is 5.56. The highest BCUT2D eigenvalue weighted by Gasteiger charge is 2.21. The maximum atomic E-state index is 12.3. The van der Waals surface area contributed by atoms with Crippen molar-refractivity contribution in [2.45, 2.75) is 84.6 Å². The average molecular weight is 412 g/mol. The molecule has 0 radical (unpaired) electrons.